The van der Waals surface area contributed by atoms with E-state index < -0.39 is 0 Å². The van der Waals surface area contributed by atoms with E-state index in [1.54, 1.807) is 37.5 Å². The van der Waals surface area contributed by atoms with Crippen LogP contribution < -0.4 is 9.47 Å². The second-order valence-electron chi connectivity index (χ2n) is 7.27. The first kappa shape index (κ1) is 22.7. The second kappa shape index (κ2) is 10.4. The van der Waals surface area contributed by atoms with E-state index in [1.165, 1.54) is 0 Å². The molecule has 0 aliphatic rings. The van der Waals surface area contributed by atoms with E-state index in [4.69, 9.17) is 32.7 Å². The molecule has 4 rings (SSSR count). The molecule has 0 saturated heterocycles. The number of rotatable bonds is 8. The van der Waals surface area contributed by atoms with Crippen molar-refractivity contribution in [3.05, 3.63) is 118 Å². The Labute approximate surface area is 202 Å². The minimum Gasteiger partial charge on any atom is -0.496 e. The number of hydrogen-bond donors (Lipinski definition) is 0. The minimum atomic E-state index is -0.0782. The Balaban J connectivity index is 1.50. The molecule has 3 aromatic carbocycles. The molecule has 0 saturated carbocycles. The molecule has 1 heterocycles. The van der Waals surface area contributed by atoms with Crippen LogP contribution in [0.4, 0.5) is 0 Å². The monoisotopic (exact) mass is 477 g/mol. The first-order valence-corrected chi connectivity index (χ1v) is 11.0. The number of benzene rings is 3. The van der Waals surface area contributed by atoms with Gasteiger partial charge in [-0.15, -0.1) is 0 Å². The first-order valence-electron chi connectivity index (χ1n) is 10.2. The molecule has 0 atom stereocenters. The van der Waals surface area contributed by atoms with Gasteiger partial charge >= 0.3 is 0 Å². The Hall–Kier alpha value is -3.47. The van der Waals surface area contributed by atoms with Gasteiger partial charge in [-0.2, -0.15) is 0 Å². The zero-order valence-corrected chi connectivity index (χ0v) is 19.4. The van der Waals surface area contributed by atoms with Gasteiger partial charge in [0.25, 0.3) is 0 Å². The Morgan fingerprint density at radius 1 is 0.939 bits per heavy atom. The fourth-order valence-corrected chi connectivity index (χ4v) is 3.82. The Bertz CT molecular complexity index is 1300. The normalized spacial score (nSPS) is 11.0. The summed E-state index contributed by atoms with van der Waals surface area (Å²) in [4.78, 5) is 12.8. The highest BCUT2D eigenvalue weighted by molar-refractivity contribution is 6.35. The van der Waals surface area contributed by atoms with Crippen LogP contribution in [0.25, 0.3) is 11.8 Å². The fraction of sp³-hybridized carbons (Fsp3) is 0.0741. The lowest BCUT2D eigenvalue weighted by atomic mass is 10.1. The number of carbonyl (C=O) groups excluding carboxylic acids is 1. The van der Waals surface area contributed by atoms with Crippen molar-refractivity contribution in [1.29, 1.82) is 0 Å². The van der Waals surface area contributed by atoms with Gasteiger partial charge in [-0.25, -0.2) is 0 Å². The molecule has 4 nitrogen and oxygen atoms in total. The van der Waals surface area contributed by atoms with Gasteiger partial charge in [-0.3, -0.25) is 4.79 Å². The summed E-state index contributed by atoms with van der Waals surface area (Å²) in [5.41, 5.74) is 3.23. The lowest BCUT2D eigenvalue weighted by Gasteiger charge is -2.12. The standard InChI is InChI=1S/C27H21Cl2NO3/c1-32-26-11-8-19(15-21(26)18-33-27-12-9-22(28)17-24(27)29)7-10-25(31)20-5-4-6-23(16-20)30-13-2-3-14-30/h2-17H,18H2,1H3/b10-7+. The van der Waals surface area contributed by atoms with E-state index in [1.807, 2.05) is 71.6 Å². The van der Waals surface area contributed by atoms with Crippen LogP contribution in [0.3, 0.4) is 0 Å². The van der Waals surface area contributed by atoms with Crippen molar-refractivity contribution in [3.63, 3.8) is 0 Å². The van der Waals surface area contributed by atoms with Crippen LogP contribution in [0.2, 0.25) is 10.0 Å². The number of hydrogen-bond acceptors (Lipinski definition) is 3. The summed E-state index contributed by atoms with van der Waals surface area (Å²) in [5.74, 6) is 1.13. The summed E-state index contributed by atoms with van der Waals surface area (Å²) in [6, 6.07) is 22.1. The van der Waals surface area contributed by atoms with Gasteiger partial charge in [0.05, 0.1) is 12.1 Å². The second-order valence-corrected chi connectivity index (χ2v) is 8.12. The number of ether oxygens (including phenoxy) is 2. The van der Waals surface area contributed by atoms with Gasteiger partial charge < -0.3 is 14.0 Å². The molecule has 1 aromatic heterocycles. The van der Waals surface area contributed by atoms with Crippen molar-refractivity contribution in [1.82, 2.24) is 4.57 Å². The number of nitrogens with zero attached hydrogens (tertiary/aromatic N) is 1. The number of aromatic nitrogens is 1. The van der Waals surface area contributed by atoms with Crippen LogP contribution in [-0.2, 0) is 6.61 Å². The summed E-state index contributed by atoms with van der Waals surface area (Å²) < 4.78 is 13.3. The zero-order valence-electron chi connectivity index (χ0n) is 17.9. The Morgan fingerprint density at radius 2 is 1.73 bits per heavy atom. The molecule has 0 fully saturated rings. The predicted octanol–water partition coefficient (Wildman–Crippen LogP) is 7.27. The third-order valence-corrected chi connectivity index (χ3v) is 5.57. The molecule has 166 valence electrons. The van der Waals surface area contributed by atoms with Gasteiger partial charge in [0.15, 0.2) is 5.78 Å². The topological polar surface area (TPSA) is 40.5 Å². The Morgan fingerprint density at radius 3 is 2.48 bits per heavy atom. The summed E-state index contributed by atoms with van der Waals surface area (Å²) in [7, 11) is 1.60. The number of ketones is 1. The Kier molecular flexibility index (Phi) is 7.18. The minimum absolute atomic E-state index is 0.0782. The van der Waals surface area contributed by atoms with Crippen LogP contribution in [0.5, 0.6) is 11.5 Å². The lowest BCUT2D eigenvalue weighted by Crippen LogP contribution is -2.00. The molecule has 0 unspecified atom stereocenters. The highest BCUT2D eigenvalue weighted by atomic mass is 35.5. The SMILES string of the molecule is COc1ccc(/C=C/C(=O)c2cccc(-n3cccc3)c2)cc1COc1ccc(Cl)cc1Cl. The first-order chi connectivity index (χ1) is 16.0. The van der Waals surface area contributed by atoms with Gasteiger partial charge in [-0.1, -0.05) is 47.5 Å². The molecule has 33 heavy (non-hydrogen) atoms. The van der Waals surface area contributed by atoms with E-state index in [2.05, 4.69) is 0 Å². The molecule has 0 N–H and O–H groups in total. The third-order valence-electron chi connectivity index (χ3n) is 5.04. The zero-order chi connectivity index (χ0) is 23.2. The van der Waals surface area contributed by atoms with E-state index in [0.29, 0.717) is 27.1 Å². The average Bonchev–Trinajstić information content (AvgIpc) is 3.37. The van der Waals surface area contributed by atoms with Gasteiger partial charge in [0.2, 0.25) is 0 Å². The van der Waals surface area contributed by atoms with E-state index in [9.17, 15) is 4.79 Å². The molecule has 0 spiro atoms. The number of methoxy groups -OCH3 is 1. The van der Waals surface area contributed by atoms with Gasteiger partial charge in [-0.05, 0) is 66.2 Å². The lowest BCUT2D eigenvalue weighted by molar-refractivity contribution is 0.104. The summed E-state index contributed by atoms with van der Waals surface area (Å²) in [5, 5.41) is 0.978. The van der Waals surface area contributed by atoms with Crippen LogP contribution >= 0.6 is 23.2 Å². The molecular weight excluding hydrogens is 457 g/mol. The summed E-state index contributed by atoms with van der Waals surface area (Å²) >= 11 is 12.1. The molecule has 4 aromatic rings. The van der Waals surface area contributed by atoms with Crippen LogP contribution in [0.1, 0.15) is 21.5 Å². The number of carbonyl (C=O) groups is 1. The van der Waals surface area contributed by atoms with E-state index in [0.717, 1.165) is 16.8 Å². The number of allylic oxidation sites excluding steroid dienone is 1. The maximum absolute atomic E-state index is 12.8. The van der Waals surface area contributed by atoms with Crippen LogP contribution in [-0.4, -0.2) is 17.5 Å². The van der Waals surface area contributed by atoms with Gasteiger partial charge in [0, 0.05) is 34.2 Å². The van der Waals surface area contributed by atoms with Crippen LogP contribution in [0.15, 0.2) is 91.3 Å². The maximum atomic E-state index is 12.8. The molecule has 0 aliphatic heterocycles. The molecule has 6 heteroatoms. The number of halogens is 2. The van der Waals surface area contributed by atoms with Crippen molar-refractivity contribution >= 4 is 35.1 Å². The predicted molar refractivity (Wildman–Crippen MR) is 133 cm³/mol. The highest BCUT2D eigenvalue weighted by Gasteiger charge is 2.09. The van der Waals surface area contributed by atoms with Crippen LogP contribution in [0, 0.1) is 0 Å². The maximum Gasteiger partial charge on any atom is 0.185 e. The molecular formula is C27H21Cl2NO3. The fourth-order valence-electron chi connectivity index (χ4n) is 3.36. The highest BCUT2D eigenvalue weighted by Crippen LogP contribution is 2.29. The van der Waals surface area contributed by atoms with Crippen molar-refractivity contribution in [3.8, 4) is 17.2 Å². The van der Waals surface area contributed by atoms with Crippen molar-refractivity contribution in [2.45, 2.75) is 6.61 Å². The molecule has 0 radical (unpaired) electrons. The van der Waals surface area contributed by atoms with Gasteiger partial charge in [0.1, 0.15) is 18.1 Å². The van der Waals surface area contributed by atoms with E-state index >= 15 is 0 Å². The van der Waals surface area contributed by atoms with E-state index in [-0.39, 0.29) is 12.4 Å². The molecule has 0 bridgehead atoms. The van der Waals surface area contributed by atoms with Crippen molar-refractivity contribution in [2.75, 3.05) is 7.11 Å². The summed E-state index contributed by atoms with van der Waals surface area (Å²) in [6.45, 7) is 0.249. The van der Waals surface area contributed by atoms with Crippen molar-refractivity contribution < 1.29 is 14.3 Å². The molecule has 0 amide bonds. The quantitative estimate of drug-likeness (QED) is 0.198. The van der Waals surface area contributed by atoms with Crippen molar-refractivity contribution in [2.24, 2.45) is 0 Å². The average molecular weight is 478 g/mol. The largest absolute Gasteiger partial charge is 0.496 e. The smallest absolute Gasteiger partial charge is 0.185 e. The third kappa shape index (κ3) is 5.67. The molecule has 0 aliphatic carbocycles. The summed E-state index contributed by atoms with van der Waals surface area (Å²) in [6.07, 6.45) is 7.23.